The Balaban J connectivity index is 1.56. The van der Waals surface area contributed by atoms with E-state index in [-0.39, 0.29) is 30.0 Å². The van der Waals surface area contributed by atoms with Crippen molar-refractivity contribution in [3.8, 4) is 5.75 Å². The standard InChI is InChI=1S/C21H27FN2O2/c1-15(21-9-8-19(26)10-23-21)11-24-12-17(18(13-24)14-25)7-6-16-4-2-3-5-20(16)22/h2-5,8-10,15,17-18,25-26H,6-7,11-14H2,1H3. The number of aliphatic hydroxyl groups is 1. The maximum Gasteiger partial charge on any atom is 0.133 e. The molecule has 0 radical (unpaired) electrons. The predicted octanol–water partition coefficient (Wildman–Crippen LogP) is 3.20. The first kappa shape index (κ1) is 18.8. The second kappa shape index (κ2) is 8.60. The van der Waals surface area contributed by atoms with Crippen molar-refractivity contribution < 1.29 is 14.6 Å². The number of aryl methyl sites for hydroxylation is 1. The largest absolute Gasteiger partial charge is 0.506 e. The molecule has 1 fully saturated rings. The molecule has 3 unspecified atom stereocenters. The molecular weight excluding hydrogens is 331 g/mol. The average molecular weight is 358 g/mol. The Morgan fingerprint density at radius 3 is 2.65 bits per heavy atom. The molecule has 1 aliphatic heterocycles. The molecule has 2 aromatic rings. The summed E-state index contributed by atoms with van der Waals surface area (Å²) < 4.78 is 13.8. The van der Waals surface area contributed by atoms with Gasteiger partial charge in [0.15, 0.2) is 0 Å². The maximum atomic E-state index is 13.8. The Labute approximate surface area is 154 Å². The second-order valence-corrected chi connectivity index (χ2v) is 7.39. The van der Waals surface area contributed by atoms with E-state index in [1.165, 1.54) is 12.3 Å². The number of aromatic hydroxyl groups is 1. The van der Waals surface area contributed by atoms with Gasteiger partial charge < -0.3 is 15.1 Å². The van der Waals surface area contributed by atoms with Gasteiger partial charge in [0.25, 0.3) is 0 Å². The summed E-state index contributed by atoms with van der Waals surface area (Å²) >= 11 is 0. The van der Waals surface area contributed by atoms with E-state index < -0.39 is 0 Å². The topological polar surface area (TPSA) is 56.6 Å². The number of benzene rings is 1. The van der Waals surface area contributed by atoms with E-state index in [2.05, 4.69) is 16.8 Å². The van der Waals surface area contributed by atoms with Crippen LogP contribution in [0.4, 0.5) is 4.39 Å². The van der Waals surface area contributed by atoms with Crippen LogP contribution in [0.2, 0.25) is 0 Å². The molecule has 140 valence electrons. The minimum Gasteiger partial charge on any atom is -0.506 e. The van der Waals surface area contributed by atoms with Crippen LogP contribution in [0.25, 0.3) is 0 Å². The van der Waals surface area contributed by atoms with Gasteiger partial charge in [-0.05, 0) is 48.4 Å². The predicted molar refractivity (Wildman–Crippen MR) is 99.5 cm³/mol. The Bertz CT molecular complexity index is 707. The number of hydrogen-bond donors (Lipinski definition) is 2. The molecule has 0 aliphatic carbocycles. The number of nitrogens with zero attached hydrogens (tertiary/aromatic N) is 2. The van der Waals surface area contributed by atoms with Gasteiger partial charge in [-0.25, -0.2) is 4.39 Å². The van der Waals surface area contributed by atoms with E-state index in [1.54, 1.807) is 12.1 Å². The van der Waals surface area contributed by atoms with Crippen LogP contribution in [0, 0.1) is 17.7 Å². The number of pyridine rings is 1. The third-order valence-corrected chi connectivity index (χ3v) is 5.44. The molecule has 26 heavy (non-hydrogen) atoms. The Morgan fingerprint density at radius 2 is 1.96 bits per heavy atom. The maximum absolute atomic E-state index is 13.8. The normalized spacial score (nSPS) is 21.8. The summed E-state index contributed by atoms with van der Waals surface area (Å²) in [5.41, 5.74) is 1.71. The summed E-state index contributed by atoms with van der Waals surface area (Å²) in [7, 11) is 0. The fourth-order valence-electron chi connectivity index (χ4n) is 3.93. The molecule has 4 nitrogen and oxygen atoms in total. The summed E-state index contributed by atoms with van der Waals surface area (Å²) in [6.45, 7) is 4.94. The van der Waals surface area contributed by atoms with Gasteiger partial charge in [-0.1, -0.05) is 25.1 Å². The van der Waals surface area contributed by atoms with Crippen molar-refractivity contribution in [2.24, 2.45) is 11.8 Å². The van der Waals surface area contributed by atoms with Gasteiger partial charge in [0, 0.05) is 37.9 Å². The summed E-state index contributed by atoms with van der Waals surface area (Å²) in [5.74, 6) is 0.896. The minimum absolute atomic E-state index is 0.144. The van der Waals surface area contributed by atoms with Gasteiger partial charge in [-0.3, -0.25) is 4.98 Å². The monoisotopic (exact) mass is 358 g/mol. The molecular formula is C21H27FN2O2. The Morgan fingerprint density at radius 1 is 1.19 bits per heavy atom. The van der Waals surface area contributed by atoms with Crippen molar-refractivity contribution in [2.75, 3.05) is 26.2 Å². The van der Waals surface area contributed by atoms with E-state index in [9.17, 15) is 14.6 Å². The molecule has 0 bridgehead atoms. The van der Waals surface area contributed by atoms with Gasteiger partial charge in [-0.2, -0.15) is 0 Å². The molecule has 3 rings (SSSR count). The van der Waals surface area contributed by atoms with Crippen LogP contribution < -0.4 is 0 Å². The van der Waals surface area contributed by atoms with E-state index in [1.807, 2.05) is 18.2 Å². The van der Waals surface area contributed by atoms with Crippen LogP contribution in [0.5, 0.6) is 5.75 Å². The highest BCUT2D eigenvalue weighted by Gasteiger charge is 2.32. The van der Waals surface area contributed by atoms with Crippen molar-refractivity contribution in [3.05, 3.63) is 59.7 Å². The molecule has 0 spiro atoms. The van der Waals surface area contributed by atoms with Crippen molar-refractivity contribution in [2.45, 2.75) is 25.7 Å². The zero-order chi connectivity index (χ0) is 18.5. The lowest BCUT2D eigenvalue weighted by atomic mass is 9.90. The van der Waals surface area contributed by atoms with Gasteiger partial charge >= 0.3 is 0 Å². The number of likely N-dealkylation sites (tertiary alicyclic amines) is 1. The lowest BCUT2D eigenvalue weighted by molar-refractivity contribution is 0.196. The highest BCUT2D eigenvalue weighted by Crippen LogP contribution is 2.29. The van der Waals surface area contributed by atoms with Gasteiger partial charge in [-0.15, -0.1) is 0 Å². The first-order chi connectivity index (χ1) is 12.6. The average Bonchev–Trinajstić information content (AvgIpc) is 3.03. The Hall–Kier alpha value is -1.98. The number of halogens is 1. The third kappa shape index (κ3) is 4.59. The van der Waals surface area contributed by atoms with Gasteiger partial charge in [0.2, 0.25) is 0 Å². The van der Waals surface area contributed by atoms with Crippen LogP contribution in [0.1, 0.15) is 30.5 Å². The van der Waals surface area contributed by atoms with Crippen molar-refractivity contribution in [3.63, 3.8) is 0 Å². The highest BCUT2D eigenvalue weighted by atomic mass is 19.1. The molecule has 1 saturated heterocycles. The Kier molecular flexibility index (Phi) is 6.22. The lowest BCUT2D eigenvalue weighted by Crippen LogP contribution is -2.26. The fraction of sp³-hybridized carbons (Fsp3) is 0.476. The van der Waals surface area contributed by atoms with E-state index >= 15 is 0 Å². The van der Waals surface area contributed by atoms with E-state index in [0.717, 1.165) is 37.3 Å². The fourth-order valence-corrected chi connectivity index (χ4v) is 3.93. The number of aliphatic hydroxyl groups excluding tert-OH is 1. The summed E-state index contributed by atoms with van der Waals surface area (Å²) in [4.78, 5) is 6.66. The number of rotatable bonds is 7. The summed E-state index contributed by atoms with van der Waals surface area (Å²) in [6, 6.07) is 10.5. The lowest BCUT2D eigenvalue weighted by Gasteiger charge is -2.20. The molecule has 1 aromatic heterocycles. The van der Waals surface area contributed by atoms with E-state index in [0.29, 0.717) is 12.3 Å². The zero-order valence-electron chi connectivity index (χ0n) is 15.2. The van der Waals surface area contributed by atoms with Crippen LogP contribution >= 0.6 is 0 Å². The van der Waals surface area contributed by atoms with Crippen molar-refractivity contribution in [1.82, 2.24) is 9.88 Å². The number of aromatic nitrogens is 1. The quantitative estimate of drug-likeness (QED) is 0.798. The summed E-state index contributed by atoms with van der Waals surface area (Å²) in [6.07, 6.45) is 3.06. The van der Waals surface area contributed by atoms with Crippen molar-refractivity contribution in [1.29, 1.82) is 0 Å². The van der Waals surface area contributed by atoms with Gasteiger partial charge in [0.05, 0.1) is 6.20 Å². The van der Waals surface area contributed by atoms with E-state index in [4.69, 9.17) is 0 Å². The molecule has 5 heteroatoms. The SMILES string of the molecule is CC(CN1CC(CO)C(CCc2ccccc2F)C1)c1ccc(O)cn1. The zero-order valence-corrected chi connectivity index (χ0v) is 15.2. The second-order valence-electron chi connectivity index (χ2n) is 7.39. The first-order valence-electron chi connectivity index (χ1n) is 9.28. The van der Waals surface area contributed by atoms with Gasteiger partial charge in [0.1, 0.15) is 11.6 Å². The molecule has 1 aromatic carbocycles. The first-order valence-corrected chi connectivity index (χ1v) is 9.28. The highest BCUT2D eigenvalue weighted by molar-refractivity contribution is 5.20. The minimum atomic E-state index is -0.144. The summed E-state index contributed by atoms with van der Waals surface area (Å²) in [5, 5.41) is 19.1. The van der Waals surface area contributed by atoms with Crippen LogP contribution in [-0.4, -0.2) is 46.3 Å². The van der Waals surface area contributed by atoms with Crippen molar-refractivity contribution >= 4 is 0 Å². The smallest absolute Gasteiger partial charge is 0.133 e. The van der Waals surface area contributed by atoms with Crippen LogP contribution in [-0.2, 0) is 6.42 Å². The number of hydrogen-bond acceptors (Lipinski definition) is 4. The molecule has 3 atom stereocenters. The third-order valence-electron chi connectivity index (χ3n) is 5.44. The molecule has 0 saturated carbocycles. The molecule has 1 aliphatic rings. The van der Waals surface area contributed by atoms with Crippen LogP contribution in [0.3, 0.4) is 0 Å². The molecule has 0 amide bonds. The molecule has 2 heterocycles. The molecule has 2 N–H and O–H groups in total. The van der Waals surface area contributed by atoms with Crippen LogP contribution in [0.15, 0.2) is 42.6 Å².